The molecule has 0 radical (unpaired) electrons. The van der Waals surface area contributed by atoms with Crippen LogP contribution in [0.25, 0.3) is 0 Å². The van der Waals surface area contributed by atoms with Gasteiger partial charge in [-0.25, -0.2) is 0 Å². The van der Waals surface area contributed by atoms with Crippen LogP contribution in [0.2, 0.25) is 0 Å². The Balaban J connectivity index is 1.93. The molecular weight excluding hydrogens is 350 g/mol. The Bertz CT molecular complexity index is 733. The summed E-state index contributed by atoms with van der Waals surface area (Å²) in [5.74, 6) is 0.463. The van der Waals surface area contributed by atoms with Crippen LogP contribution >= 0.6 is 11.8 Å². The Morgan fingerprint density at radius 2 is 1.92 bits per heavy atom. The molecule has 2 aromatic rings. The molecule has 2 rings (SSSR count). The van der Waals surface area contributed by atoms with E-state index in [1.165, 1.54) is 0 Å². The fourth-order valence-electron chi connectivity index (χ4n) is 2.59. The Hall–Kier alpha value is -2.31. The third kappa shape index (κ3) is 5.61. The van der Waals surface area contributed by atoms with Crippen LogP contribution in [0.5, 0.6) is 5.75 Å². The summed E-state index contributed by atoms with van der Waals surface area (Å²) in [5, 5.41) is 12.4. The Morgan fingerprint density at radius 1 is 1.23 bits per heavy atom. The molecule has 0 aliphatic heterocycles. The molecule has 2 unspecified atom stereocenters. The van der Waals surface area contributed by atoms with E-state index in [0.717, 1.165) is 28.5 Å². The topological polar surface area (TPSA) is 75.6 Å². The van der Waals surface area contributed by atoms with Crippen molar-refractivity contribution >= 4 is 23.3 Å². The fraction of sp³-hybridized carbons (Fsp3) is 0.300. The van der Waals surface area contributed by atoms with Crippen LogP contribution in [0.4, 0.5) is 0 Å². The highest BCUT2D eigenvalue weighted by Crippen LogP contribution is 2.21. The standard InChI is InChI=1S/C20H23NO4S/c1-14-5-3-4-6-17(14)18(23)12-25-16-9-7-15(8-10-16)11-19(26-13-22)20(24)21-2/h3-10,13,18-19,23H,11-12H2,1-2H3,(H,21,24). The van der Waals surface area contributed by atoms with Crippen molar-refractivity contribution in [2.45, 2.75) is 24.7 Å². The minimum absolute atomic E-state index is 0.159. The van der Waals surface area contributed by atoms with Gasteiger partial charge in [-0.05, 0) is 42.2 Å². The van der Waals surface area contributed by atoms with E-state index in [0.29, 0.717) is 17.8 Å². The SMILES string of the molecule is CNC(=O)C(Cc1ccc(OCC(O)c2ccccc2C)cc1)SC=O. The quantitative estimate of drug-likeness (QED) is 0.661. The second kappa shape index (κ2) is 9.99. The van der Waals surface area contributed by atoms with Gasteiger partial charge in [-0.15, -0.1) is 0 Å². The van der Waals surface area contributed by atoms with E-state index in [9.17, 15) is 14.7 Å². The summed E-state index contributed by atoms with van der Waals surface area (Å²) in [6.45, 7) is 2.11. The lowest BCUT2D eigenvalue weighted by Gasteiger charge is -2.15. The van der Waals surface area contributed by atoms with Crippen molar-refractivity contribution in [3.8, 4) is 5.75 Å². The molecule has 0 fully saturated rings. The number of carbonyl (C=O) groups excluding carboxylic acids is 2. The van der Waals surface area contributed by atoms with Crippen molar-refractivity contribution in [1.82, 2.24) is 5.32 Å². The molecule has 0 spiro atoms. The van der Waals surface area contributed by atoms with Gasteiger partial charge in [0.2, 0.25) is 5.91 Å². The first-order valence-electron chi connectivity index (χ1n) is 8.31. The van der Waals surface area contributed by atoms with Crippen LogP contribution in [0.1, 0.15) is 22.8 Å². The van der Waals surface area contributed by atoms with E-state index >= 15 is 0 Å². The normalized spacial score (nSPS) is 12.9. The predicted molar refractivity (Wildman–Crippen MR) is 104 cm³/mol. The van der Waals surface area contributed by atoms with Crippen molar-refractivity contribution < 1.29 is 19.4 Å². The lowest BCUT2D eigenvalue weighted by molar-refractivity contribution is -0.120. The van der Waals surface area contributed by atoms with Crippen molar-refractivity contribution in [2.75, 3.05) is 13.7 Å². The summed E-state index contributed by atoms with van der Waals surface area (Å²) in [4.78, 5) is 22.5. The van der Waals surface area contributed by atoms with E-state index in [-0.39, 0.29) is 12.5 Å². The second-order valence-corrected chi connectivity index (χ2v) is 6.90. The van der Waals surface area contributed by atoms with Gasteiger partial charge in [0.1, 0.15) is 18.5 Å². The molecule has 2 N–H and O–H groups in total. The van der Waals surface area contributed by atoms with Gasteiger partial charge in [-0.3, -0.25) is 9.59 Å². The molecule has 0 bridgehead atoms. The Labute approximate surface area is 157 Å². The highest BCUT2D eigenvalue weighted by atomic mass is 32.2. The van der Waals surface area contributed by atoms with Gasteiger partial charge < -0.3 is 15.2 Å². The number of aryl methyl sites for hydroxylation is 1. The van der Waals surface area contributed by atoms with Crippen LogP contribution in [-0.2, 0) is 16.0 Å². The Morgan fingerprint density at radius 3 is 2.54 bits per heavy atom. The molecule has 26 heavy (non-hydrogen) atoms. The molecule has 0 aromatic heterocycles. The molecule has 0 aliphatic carbocycles. The van der Waals surface area contributed by atoms with E-state index in [1.807, 2.05) is 43.3 Å². The van der Waals surface area contributed by atoms with Crippen molar-refractivity contribution in [3.63, 3.8) is 0 Å². The first kappa shape index (κ1) is 20.0. The molecule has 0 aliphatic rings. The number of ether oxygens (including phenoxy) is 1. The molecular formula is C20H23NO4S. The molecule has 1 amide bonds. The number of hydrogen-bond donors (Lipinski definition) is 2. The molecule has 138 valence electrons. The summed E-state index contributed by atoms with van der Waals surface area (Å²) in [6.07, 6.45) is -0.243. The lowest BCUT2D eigenvalue weighted by atomic mass is 10.0. The molecule has 5 nitrogen and oxygen atoms in total. The zero-order chi connectivity index (χ0) is 18.9. The third-order valence-corrected chi connectivity index (χ3v) is 4.88. The van der Waals surface area contributed by atoms with Gasteiger partial charge in [-0.2, -0.15) is 0 Å². The minimum atomic E-state index is -0.697. The first-order chi connectivity index (χ1) is 12.5. The van der Waals surface area contributed by atoms with Crippen LogP contribution in [0.15, 0.2) is 48.5 Å². The van der Waals surface area contributed by atoms with E-state index < -0.39 is 11.4 Å². The number of thioether (sulfide) groups is 1. The first-order valence-corrected chi connectivity index (χ1v) is 9.25. The molecule has 0 saturated heterocycles. The van der Waals surface area contributed by atoms with Crippen LogP contribution in [0.3, 0.4) is 0 Å². The van der Waals surface area contributed by atoms with Gasteiger partial charge >= 0.3 is 0 Å². The van der Waals surface area contributed by atoms with Gasteiger partial charge in [0.25, 0.3) is 0 Å². The lowest BCUT2D eigenvalue weighted by Crippen LogP contribution is -2.31. The molecule has 2 aromatic carbocycles. The van der Waals surface area contributed by atoms with Crippen molar-refractivity contribution in [1.29, 1.82) is 0 Å². The largest absolute Gasteiger partial charge is 0.491 e. The summed E-state index contributed by atoms with van der Waals surface area (Å²) in [7, 11) is 1.55. The van der Waals surface area contributed by atoms with Gasteiger partial charge in [0.05, 0.1) is 5.25 Å². The summed E-state index contributed by atoms with van der Waals surface area (Å²) in [5.41, 5.74) is 3.49. The zero-order valence-corrected chi connectivity index (χ0v) is 15.7. The number of aliphatic hydroxyl groups excluding tert-OH is 1. The number of aliphatic hydroxyl groups is 1. The smallest absolute Gasteiger partial charge is 0.233 e. The maximum atomic E-state index is 11.8. The third-order valence-electron chi connectivity index (χ3n) is 4.06. The number of carbonyl (C=O) groups is 2. The molecule has 2 atom stereocenters. The maximum Gasteiger partial charge on any atom is 0.233 e. The number of nitrogens with one attached hydrogen (secondary N) is 1. The monoisotopic (exact) mass is 373 g/mol. The number of rotatable bonds is 9. The van der Waals surface area contributed by atoms with Crippen LogP contribution in [0, 0.1) is 6.92 Å². The summed E-state index contributed by atoms with van der Waals surface area (Å²) >= 11 is 0.964. The second-order valence-electron chi connectivity index (χ2n) is 5.87. The number of amides is 1. The molecule has 0 heterocycles. The predicted octanol–water partition coefficient (Wildman–Crippen LogP) is 2.69. The van der Waals surface area contributed by atoms with Crippen molar-refractivity contribution in [3.05, 3.63) is 65.2 Å². The van der Waals surface area contributed by atoms with Crippen molar-refractivity contribution in [2.24, 2.45) is 0 Å². The Kier molecular flexibility index (Phi) is 7.69. The number of hydrogen-bond acceptors (Lipinski definition) is 5. The summed E-state index contributed by atoms with van der Waals surface area (Å²) < 4.78 is 5.66. The van der Waals surface area contributed by atoms with Gasteiger partial charge in [-0.1, -0.05) is 48.2 Å². The average molecular weight is 373 g/mol. The van der Waals surface area contributed by atoms with E-state index in [4.69, 9.17) is 4.74 Å². The summed E-state index contributed by atoms with van der Waals surface area (Å²) in [6, 6.07) is 15.0. The molecule has 6 heteroatoms. The van der Waals surface area contributed by atoms with Crippen LogP contribution < -0.4 is 10.1 Å². The minimum Gasteiger partial charge on any atom is -0.491 e. The molecule has 0 saturated carbocycles. The zero-order valence-electron chi connectivity index (χ0n) is 14.8. The van der Waals surface area contributed by atoms with Gasteiger partial charge in [0, 0.05) is 7.05 Å². The van der Waals surface area contributed by atoms with E-state index in [2.05, 4.69) is 5.32 Å². The average Bonchev–Trinajstić information content (AvgIpc) is 2.66. The number of benzene rings is 2. The van der Waals surface area contributed by atoms with Gasteiger partial charge in [0.15, 0.2) is 5.62 Å². The highest BCUT2D eigenvalue weighted by molar-refractivity contribution is 8.13. The maximum absolute atomic E-state index is 11.8. The highest BCUT2D eigenvalue weighted by Gasteiger charge is 2.18. The fourth-order valence-corrected chi connectivity index (χ4v) is 3.26. The van der Waals surface area contributed by atoms with E-state index in [1.54, 1.807) is 19.2 Å². The van der Waals surface area contributed by atoms with Crippen LogP contribution in [-0.4, -0.2) is 35.5 Å².